The van der Waals surface area contributed by atoms with Crippen molar-refractivity contribution in [3.63, 3.8) is 0 Å². The van der Waals surface area contributed by atoms with Crippen LogP contribution in [0.1, 0.15) is 5.56 Å². The van der Waals surface area contributed by atoms with Crippen molar-refractivity contribution < 1.29 is 0 Å². The van der Waals surface area contributed by atoms with Gasteiger partial charge in [-0.3, -0.25) is 4.90 Å². The summed E-state index contributed by atoms with van der Waals surface area (Å²) in [5.74, 6) is 0. The minimum absolute atomic E-state index is 0.631. The topological polar surface area (TPSA) is 28.2 Å². The van der Waals surface area contributed by atoms with E-state index in [1.807, 2.05) is 12.1 Å². The highest BCUT2D eigenvalue weighted by Crippen LogP contribution is 2.14. The van der Waals surface area contributed by atoms with E-state index < -0.39 is 0 Å². The quantitative estimate of drug-likeness (QED) is 0.744. The summed E-state index contributed by atoms with van der Waals surface area (Å²) in [4.78, 5) is 6.46. The van der Waals surface area contributed by atoms with Gasteiger partial charge in [0.2, 0.25) is 0 Å². The Labute approximate surface area is 89.1 Å². The lowest BCUT2D eigenvalue weighted by atomic mass is 10.2. The van der Waals surface area contributed by atoms with E-state index >= 15 is 0 Å². The molecule has 1 N–H and O–H groups in total. The molecule has 0 spiro atoms. The van der Waals surface area contributed by atoms with Gasteiger partial charge in [-0.2, -0.15) is 0 Å². The average Bonchev–Trinajstić information content (AvgIpc) is 2.23. The van der Waals surface area contributed by atoms with Crippen LogP contribution in [0.3, 0.4) is 0 Å². The molecule has 0 saturated carbocycles. The van der Waals surface area contributed by atoms with E-state index in [2.05, 4.69) is 15.2 Å². The molecule has 0 unspecified atom stereocenters. The van der Waals surface area contributed by atoms with Crippen molar-refractivity contribution in [3.8, 4) is 0 Å². The summed E-state index contributed by atoms with van der Waals surface area (Å²) in [5.41, 5.74) is 1.12. The first-order valence-corrected chi connectivity index (χ1v) is 5.26. The predicted molar refractivity (Wildman–Crippen MR) is 57.4 cm³/mol. The minimum atomic E-state index is 0.631. The molecule has 14 heavy (non-hydrogen) atoms. The molecule has 1 fully saturated rings. The molecule has 0 aromatic carbocycles. The molecular weight excluding hydrogens is 198 g/mol. The second-order valence-corrected chi connectivity index (χ2v) is 3.84. The summed E-state index contributed by atoms with van der Waals surface area (Å²) in [7, 11) is 0. The zero-order chi connectivity index (χ0) is 9.80. The number of hydrogen-bond donors (Lipinski definition) is 1. The van der Waals surface area contributed by atoms with Crippen LogP contribution in [0.15, 0.2) is 18.3 Å². The van der Waals surface area contributed by atoms with Crippen LogP contribution in [0, 0.1) is 0 Å². The second-order valence-electron chi connectivity index (χ2n) is 3.48. The van der Waals surface area contributed by atoms with Gasteiger partial charge in [0.05, 0.1) is 0 Å². The lowest BCUT2D eigenvalue weighted by molar-refractivity contribution is 0.233. The molecule has 2 heterocycles. The van der Waals surface area contributed by atoms with Crippen LogP contribution in [-0.2, 0) is 6.54 Å². The molecule has 0 bridgehead atoms. The van der Waals surface area contributed by atoms with Gasteiger partial charge >= 0.3 is 0 Å². The van der Waals surface area contributed by atoms with Crippen LogP contribution in [0.2, 0.25) is 5.15 Å². The van der Waals surface area contributed by atoms with Gasteiger partial charge in [-0.05, 0) is 6.07 Å². The Morgan fingerprint density at radius 3 is 2.93 bits per heavy atom. The summed E-state index contributed by atoms with van der Waals surface area (Å²) in [6.45, 7) is 5.22. The van der Waals surface area contributed by atoms with E-state index in [4.69, 9.17) is 11.6 Å². The highest BCUT2D eigenvalue weighted by molar-refractivity contribution is 6.30. The van der Waals surface area contributed by atoms with E-state index in [9.17, 15) is 0 Å². The Bertz CT molecular complexity index is 297. The molecule has 0 atom stereocenters. The maximum atomic E-state index is 5.99. The van der Waals surface area contributed by atoms with Crippen LogP contribution < -0.4 is 5.32 Å². The third kappa shape index (κ3) is 2.44. The fraction of sp³-hybridized carbons (Fsp3) is 0.500. The highest BCUT2D eigenvalue weighted by Gasteiger charge is 2.11. The number of nitrogens with one attached hydrogen (secondary N) is 1. The number of pyridine rings is 1. The molecule has 1 aromatic rings. The van der Waals surface area contributed by atoms with Gasteiger partial charge in [0.15, 0.2) is 0 Å². The Morgan fingerprint density at radius 2 is 2.21 bits per heavy atom. The molecule has 0 radical (unpaired) electrons. The van der Waals surface area contributed by atoms with Crippen LogP contribution in [0.25, 0.3) is 0 Å². The average molecular weight is 212 g/mol. The zero-order valence-electron chi connectivity index (χ0n) is 8.04. The van der Waals surface area contributed by atoms with Crippen LogP contribution in [-0.4, -0.2) is 36.1 Å². The Hall–Kier alpha value is -0.640. The number of piperazine rings is 1. The van der Waals surface area contributed by atoms with Gasteiger partial charge < -0.3 is 5.32 Å². The molecule has 2 rings (SSSR count). The van der Waals surface area contributed by atoms with Crippen molar-refractivity contribution in [2.75, 3.05) is 26.2 Å². The van der Waals surface area contributed by atoms with Crippen molar-refractivity contribution in [1.29, 1.82) is 0 Å². The number of rotatable bonds is 2. The largest absolute Gasteiger partial charge is 0.314 e. The highest BCUT2D eigenvalue weighted by atomic mass is 35.5. The van der Waals surface area contributed by atoms with E-state index in [1.54, 1.807) is 6.20 Å². The van der Waals surface area contributed by atoms with E-state index in [-0.39, 0.29) is 0 Å². The molecular formula is C10H14ClN3. The first-order valence-electron chi connectivity index (χ1n) is 4.89. The molecule has 1 aromatic heterocycles. The maximum Gasteiger partial charge on any atom is 0.133 e. The van der Waals surface area contributed by atoms with Gasteiger partial charge in [-0.25, -0.2) is 4.98 Å². The number of nitrogens with zero attached hydrogens (tertiary/aromatic N) is 2. The summed E-state index contributed by atoms with van der Waals surface area (Å²) in [6, 6.07) is 3.97. The third-order valence-corrected chi connectivity index (χ3v) is 2.78. The van der Waals surface area contributed by atoms with Crippen molar-refractivity contribution in [2.24, 2.45) is 0 Å². The van der Waals surface area contributed by atoms with Gasteiger partial charge in [-0.1, -0.05) is 17.7 Å². The van der Waals surface area contributed by atoms with Crippen LogP contribution >= 0.6 is 11.6 Å². The monoisotopic (exact) mass is 211 g/mol. The summed E-state index contributed by atoms with van der Waals surface area (Å²) in [5, 5.41) is 3.96. The standard InChI is InChI=1S/C10H14ClN3/c11-10-9(2-1-3-13-10)8-14-6-4-12-5-7-14/h1-3,12H,4-8H2. The van der Waals surface area contributed by atoms with Gasteiger partial charge in [0, 0.05) is 44.5 Å². The fourth-order valence-corrected chi connectivity index (χ4v) is 1.83. The molecule has 1 saturated heterocycles. The van der Waals surface area contributed by atoms with Gasteiger partial charge in [0.1, 0.15) is 5.15 Å². The van der Waals surface area contributed by atoms with Crippen LogP contribution in [0.4, 0.5) is 0 Å². The Kier molecular flexibility index (Phi) is 3.35. The molecule has 1 aliphatic rings. The summed E-state index contributed by atoms with van der Waals surface area (Å²) in [6.07, 6.45) is 1.73. The van der Waals surface area contributed by atoms with E-state index in [1.165, 1.54) is 0 Å². The first kappa shape index (κ1) is 9.90. The molecule has 0 amide bonds. The Balaban J connectivity index is 1.99. The molecule has 4 heteroatoms. The maximum absolute atomic E-state index is 5.99. The minimum Gasteiger partial charge on any atom is -0.314 e. The third-order valence-electron chi connectivity index (χ3n) is 2.44. The number of hydrogen-bond acceptors (Lipinski definition) is 3. The molecule has 0 aliphatic carbocycles. The smallest absolute Gasteiger partial charge is 0.133 e. The van der Waals surface area contributed by atoms with Crippen molar-refractivity contribution in [3.05, 3.63) is 29.0 Å². The molecule has 3 nitrogen and oxygen atoms in total. The normalized spacial score (nSPS) is 18.4. The lowest BCUT2D eigenvalue weighted by Crippen LogP contribution is -2.42. The van der Waals surface area contributed by atoms with Crippen molar-refractivity contribution in [2.45, 2.75) is 6.54 Å². The lowest BCUT2D eigenvalue weighted by Gasteiger charge is -2.27. The Morgan fingerprint density at radius 1 is 1.43 bits per heavy atom. The summed E-state index contributed by atoms with van der Waals surface area (Å²) >= 11 is 5.99. The fourth-order valence-electron chi connectivity index (χ4n) is 1.65. The van der Waals surface area contributed by atoms with Crippen LogP contribution in [0.5, 0.6) is 0 Å². The summed E-state index contributed by atoms with van der Waals surface area (Å²) < 4.78 is 0. The van der Waals surface area contributed by atoms with Crippen molar-refractivity contribution >= 4 is 11.6 Å². The first-order chi connectivity index (χ1) is 6.86. The predicted octanol–water partition coefficient (Wildman–Crippen LogP) is 1.14. The van der Waals surface area contributed by atoms with Gasteiger partial charge in [0.25, 0.3) is 0 Å². The SMILES string of the molecule is Clc1ncccc1CN1CCNCC1. The van der Waals surface area contributed by atoms with E-state index in [0.29, 0.717) is 5.15 Å². The van der Waals surface area contributed by atoms with Gasteiger partial charge in [-0.15, -0.1) is 0 Å². The van der Waals surface area contributed by atoms with E-state index in [0.717, 1.165) is 38.3 Å². The zero-order valence-corrected chi connectivity index (χ0v) is 8.80. The van der Waals surface area contributed by atoms with Crippen molar-refractivity contribution in [1.82, 2.24) is 15.2 Å². The molecule has 76 valence electrons. The number of halogens is 1. The molecule has 1 aliphatic heterocycles. The second kappa shape index (κ2) is 4.73. The number of aromatic nitrogens is 1.